The summed E-state index contributed by atoms with van der Waals surface area (Å²) in [7, 11) is 0. The zero-order valence-electron chi connectivity index (χ0n) is 11.3. The predicted molar refractivity (Wildman–Crippen MR) is 75.7 cm³/mol. The highest BCUT2D eigenvalue weighted by Crippen LogP contribution is 2.41. The molecule has 1 N–H and O–H groups in total. The van der Waals surface area contributed by atoms with Crippen LogP contribution < -0.4 is 4.90 Å². The fourth-order valence-corrected chi connectivity index (χ4v) is 3.57. The molecule has 3 heteroatoms. The molecule has 0 amide bonds. The zero-order chi connectivity index (χ0) is 13.3. The number of nitrogens with zero attached hydrogens (tertiary/aromatic N) is 1. The molecule has 1 heterocycles. The number of carboxylic acid groups (broad SMARTS) is 1. The van der Waals surface area contributed by atoms with E-state index in [2.05, 4.69) is 17.0 Å². The molecule has 2 aliphatic rings. The molecule has 102 valence electrons. The molecule has 19 heavy (non-hydrogen) atoms. The number of anilines is 1. The van der Waals surface area contributed by atoms with Gasteiger partial charge in [-0.25, -0.2) is 0 Å². The highest BCUT2D eigenvalue weighted by Gasteiger charge is 2.42. The standard InChI is InChI=1S/C16H21NO2/c18-15(19)16(9-1-2-10-16)13-5-7-14(8-6-13)17-11-3-4-12-17/h5-8H,1-4,9-12H2,(H,18,19). The topological polar surface area (TPSA) is 40.5 Å². The summed E-state index contributed by atoms with van der Waals surface area (Å²) in [4.78, 5) is 14.0. The largest absolute Gasteiger partial charge is 0.481 e. The highest BCUT2D eigenvalue weighted by atomic mass is 16.4. The Morgan fingerprint density at radius 3 is 2.11 bits per heavy atom. The number of carbonyl (C=O) groups is 1. The van der Waals surface area contributed by atoms with Crippen molar-refractivity contribution in [1.82, 2.24) is 0 Å². The minimum absolute atomic E-state index is 0.621. The van der Waals surface area contributed by atoms with Gasteiger partial charge in [0.2, 0.25) is 0 Å². The van der Waals surface area contributed by atoms with Gasteiger partial charge in [-0.2, -0.15) is 0 Å². The second-order valence-corrected chi connectivity index (χ2v) is 5.84. The van der Waals surface area contributed by atoms with E-state index in [4.69, 9.17) is 0 Å². The first-order valence-corrected chi connectivity index (χ1v) is 7.31. The van der Waals surface area contributed by atoms with E-state index in [-0.39, 0.29) is 0 Å². The van der Waals surface area contributed by atoms with E-state index in [1.165, 1.54) is 18.5 Å². The smallest absolute Gasteiger partial charge is 0.314 e. The van der Waals surface area contributed by atoms with Crippen LogP contribution in [0.3, 0.4) is 0 Å². The van der Waals surface area contributed by atoms with Gasteiger partial charge in [0.15, 0.2) is 0 Å². The Morgan fingerprint density at radius 1 is 1.00 bits per heavy atom. The van der Waals surface area contributed by atoms with Gasteiger partial charge in [0.05, 0.1) is 5.41 Å². The van der Waals surface area contributed by atoms with E-state index in [0.717, 1.165) is 44.3 Å². The van der Waals surface area contributed by atoms with E-state index in [0.29, 0.717) is 0 Å². The van der Waals surface area contributed by atoms with Crippen LogP contribution in [0, 0.1) is 0 Å². The summed E-state index contributed by atoms with van der Waals surface area (Å²) in [5.74, 6) is -0.654. The molecule has 1 saturated carbocycles. The molecule has 3 nitrogen and oxygen atoms in total. The second kappa shape index (κ2) is 4.87. The van der Waals surface area contributed by atoms with Crippen molar-refractivity contribution in [1.29, 1.82) is 0 Å². The quantitative estimate of drug-likeness (QED) is 0.906. The average molecular weight is 259 g/mol. The summed E-state index contributed by atoms with van der Waals surface area (Å²) in [6, 6.07) is 8.27. The molecule has 3 rings (SSSR count). The third kappa shape index (κ3) is 2.11. The van der Waals surface area contributed by atoms with Crippen LogP contribution in [-0.2, 0) is 10.2 Å². The van der Waals surface area contributed by atoms with E-state index in [1.54, 1.807) is 0 Å². The molecule has 1 aromatic carbocycles. The van der Waals surface area contributed by atoms with Crippen LogP contribution in [0.4, 0.5) is 5.69 Å². The summed E-state index contributed by atoms with van der Waals surface area (Å²) in [6.07, 6.45) is 6.15. The number of hydrogen-bond acceptors (Lipinski definition) is 2. The Bertz CT molecular complexity index is 454. The zero-order valence-corrected chi connectivity index (χ0v) is 11.3. The van der Waals surface area contributed by atoms with Crippen LogP contribution in [0.25, 0.3) is 0 Å². The van der Waals surface area contributed by atoms with Gasteiger partial charge >= 0.3 is 5.97 Å². The van der Waals surface area contributed by atoms with Gasteiger partial charge in [-0.05, 0) is 43.4 Å². The minimum atomic E-state index is -0.654. The van der Waals surface area contributed by atoms with Gasteiger partial charge in [-0.3, -0.25) is 4.79 Å². The molecular formula is C16H21NO2. The molecule has 2 fully saturated rings. The highest BCUT2D eigenvalue weighted by molar-refractivity contribution is 5.82. The Hall–Kier alpha value is -1.51. The normalized spacial score (nSPS) is 21.8. The summed E-state index contributed by atoms with van der Waals surface area (Å²) >= 11 is 0. The first kappa shape index (κ1) is 12.5. The molecule has 0 spiro atoms. The summed E-state index contributed by atoms with van der Waals surface area (Å²) in [5.41, 5.74) is 1.60. The predicted octanol–water partition coefficient (Wildman–Crippen LogP) is 3.18. The van der Waals surface area contributed by atoms with Crippen molar-refractivity contribution < 1.29 is 9.90 Å². The lowest BCUT2D eigenvalue weighted by Gasteiger charge is -2.25. The van der Waals surface area contributed by atoms with Gasteiger partial charge in [0.25, 0.3) is 0 Å². The maximum atomic E-state index is 11.7. The summed E-state index contributed by atoms with van der Waals surface area (Å²) < 4.78 is 0. The number of carboxylic acids is 1. The molecule has 0 radical (unpaired) electrons. The molecule has 1 saturated heterocycles. The third-order valence-corrected chi connectivity index (χ3v) is 4.76. The van der Waals surface area contributed by atoms with E-state index in [9.17, 15) is 9.90 Å². The van der Waals surface area contributed by atoms with E-state index >= 15 is 0 Å². The third-order valence-electron chi connectivity index (χ3n) is 4.76. The second-order valence-electron chi connectivity index (χ2n) is 5.84. The Labute approximate surface area is 114 Å². The first-order valence-electron chi connectivity index (χ1n) is 7.31. The number of aliphatic carboxylic acids is 1. The Balaban J connectivity index is 1.86. The van der Waals surface area contributed by atoms with Crippen LogP contribution in [0.5, 0.6) is 0 Å². The van der Waals surface area contributed by atoms with Crippen molar-refractivity contribution in [2.75, 3.05) is 18.0 Å². The van der Waals surface area contributed by atoms with E-state index in [1.807, 2.05) is 12.1 Å². The molecular weight excluding hydrogens is 238 g/mol. The van der Waals surface area contributed by atoms with E-state index < -0.39 is 11.4 Å². The number of rotatable bonds is 3. The Morgan fingerprint density at radius 2 is 1.58 bits per heavy atom. The van der Waals surface area contributed by atoms with Crippen molar-refractivity contribution in [2.45, 2.75) is 43.9 Å². The molecule has 1 aromatic rings. The molecule has 1 aliphatic carbocycles. The van der Waals surface area contributed by atoms with Crippen LogP contribution >= 0.6 is 0 Å². The van der Waals surface area contributed by atoms with Gasteiger partial charge in [-0.1, -0.05) is 25.0 Å². The van der Waals surface area contributed by atoms with Gasteiger partial charge in [-0.15, -0.1) is 0 Å². The van der Waals surface area contributed by atoms with Crippen LogP contribution in [-0.4, -0.2) is 24.2 Å². The lowest BCUT2D eigenvalue weighted by molar-refractivity contribution is -0.143. The molecule has 0 bridgehead atoms. The van der Waals surface area contributed by atoms with Crippen molar-refractivity contribution >= 4 is 11.7 Å². The van der Waals surface area contributed by atoms with Crippen molar-refractivity contribution in [3.63, 3.8) is 0 Å². The van der Waals surface area contributed by atoms with Gasteiger partial charge in [0, 0.05) is 18.8 Å². The first-order chi connectivity index (χ1) is 9.22. The summed E-state index contributed by atoms with van der Waals surface area (Å²) in [5, 5.41) is 9.59. The monoisotopic (exact) mass is 259 g/mol. The minimum Gasteiger partial charge on any atom is -0.481 e. The number of benzene rings is 1. The Kier molecular flexibility index (Phi) is 3.21. The average Bonchev–Trinajstić information content (AvgIpc) is 3.11. The van der Waals surface area contributed by atoms with Gasteiger partial charge < -0.3 is 10.0 Å². The SMILES string of the molecule is O=C(O)C1(c2ccc(N3CCCC3)cc2)CCCC1. The van der Waals surface area contributed by atoms with Crippen molar-refractivity contribution in [3.05, 3.63) is 29.8 Å². The van der Waals surface area contributed by atoms with Crippen molar-refractivity contribution in [3.8, 4) is 0 Å². The molecule has 1 aliphatic heterocycles. The van der Waals surface area contributed by atoms with Crippen LogP contribution in [0.15, 0.2) is 24.3 Å². The van der Waals surface area contributed by atoms with Crippen LogP contribution in [0.1, 0.15) is 44.1 Å². The van der Waals surface area contributed by atoms with Gasteiger partial charge in [0.1, 0.15) is 0 Å². The fraction of sp³-hybridized carbons (Fsp3) is 0.562. The van der Waals surface area contributed by atoms with Crippen LogP contribution in [0.2, 0.25) is 0 Å². The molecule has 0 unspecified atom stereocenters. The van der Waals surface area contributed by atoms with Crippen molar-refractivity contribution in [2.24, 2.45) is 0 Å². The lowest BCUT2D eigenvalue weighted by Crippen LogP contribution is -2.32. The maximum absolute atomic E-state index is 11.7. The lowest BCUT2D eigenvalue weighted by atomic mass is 9.79. The summed E-state index contributed by atoms with van der Waals surface area (Å²) in [6.45, 7) is 2.26. The number of hydrogen-bond donors (Lipinski definition) is 1. The fourth-order valence-electron chi connectivity index (χ4n) is 3.57. The molecule has 0 atom stereocenters. The maximum Gasteiger partial charge on any atom is 0.314 e. The molecule has 0 aromatic heterocycles.